The third kappa shape index (κ3) is 4.37. The van der Waals surface area contributed by atoms with Crippen molar-refractivity contribution in [3.05, 3.63) is 164 Å². The minimum atomic E-state index is 0.497. The lowest BCUT2D eigenvalue weighted by Gasteiger charge is -2.20. The smallest absolute Gasteiger partial charge is 0.183 e. The highest BCUT2D eigenvalue weighted by atomic mass is 15.1. The summed E-state index contributed by atoms with van der Waals surface area (Å²) in [4.78, 5) is 13.5. The predicted octanol–water partition coefficient (Wildman–Crippen LogP) is 11.0. The van der Waals surface area contributed by atoms with E-state index in [0.29, 0.717) is 17.3 Å². The second-order valence-electron chi connectivity index (χ2n) is 12.5. The monoisotopic (exact) mass is 637 g/mol. The molecule has 9 aromatic rings. The molecule has 5 heteroatoms. The Bertz CT molecular complexity index is 2630. The van der Waals surface area contributed by atoms with E-state index in [1.165, 1.54) is 77.9 Å². The number of aromatic nitrogens is 5. The van der Waals surface area contributed by atoms with E-state index in [0.717, 1.165) is 11.1 Å². The second-order valence-corrected chi connectivity index (χ2v) is 12.5. The van der Waals surface area contributed by atoms with Crippen LogP contribution in [0.15, 0.2) is 164 Å². The van der Waals surface area contributed by atoms with E-state index in [9.17, 15) is 0 Å². The number of benzene rings is 7. The molecule has 0 bridgehead atoms. The summed E-state index contributed by atoms with van der Waals surface area (Å²) in [5, 5.41) is 13.2. The molecule has 5 nitrogen and oxygen atoms in total. The van der Waals surface area contributed by atoms with Crippen LogP contribution in [0.1, 0.15) is 0 Å². The van der Waals surface area contributed by atoms with E-state index in [2.05, 4.69) is 165 Å². The topological polar surface area (TPSA) is 64.5 Å². The molecule has 0 radical (unpaired) electrons. The van der Waals surface area contributed by atoms with Gasteiger partial charge in [-0.1, -0.05) is 140 Å². The van der Waals surface area contributed by atoms with E-state index in [4.69, 9.17) is 0 Å². The quantitative estimate of drug-likeness (QED) is 0.188. The van der Waals surface area contributed by atoms with Crippen molar-refractivity contribution in [1.82, 2.24) is 25.1 Å². The van der Waals surface area contributed by atoms with Gasteiger partial charge in [0.25, 0.3) is 0 Å². The number of rotatable bonds is 5. The lowest BCUT2D eigenvalue weighted by Crippen LogP contribution is -1.97. The average molecular weight is 638 g/mol. The van der Waals surface area contributed by atoms with Gasteiger partial charge in [-0.05, 0) is 89.3 Å². The maximum atomic E-state index is 4.68. The molecule has 50 heavy (non-hydrogen) atoms. The fourth-order valence-corrected chi connectivity index (χ4v) is 7.64. The molecule has 1 aliphatic carbocycles. The highest BCUT2D eigenvalue weighted by molar-refractivity contribution is 6.28. The summed E-state index contributed by atoms with van der Waals surface area (Å²) in [6, 6.07) is 54.1. The van der Waals surface area contributed by atoms with Crippen LogP contribution in [0.25, 0.3) is 100 Å². The number of nitrogens with zero attached hydrogens (tertiary/aromatic N) is 5. The lowest BCUT2D eigenvalue weighted by molar-refractivity contribution is 0.991. The molecule has 0 saturated carbocycles. The first-order chi connectivity index (χ1) is 24.8. The van der Waals surface area contributed by atoms with Gasteiger partial charge in [0, 0.05) is 11.8 Å². The van der Waals surface area contributed by atoms with Crippen LogP contribution in [-0.2, 0) is 0 Å². The van der Waals surface area contributed by atoms with Gasteiger partial charge >= 0.3 is 0 Å². The zero-order valence-electron chi connectivity index (χ0n) is 26.8. The SMILES string of the molecule is c1ccc(-c2c3c(c(-c4ccccc4)c4ccccc24)-c2ccc(-c4ccc(-c5ncnc(-c6cccnn6)n5)cc4)c4cccc-3c24)cc1. The molecule has 0 spiro atoms. The first kappa shape index (κ1) is 28.2. The molecule has 0 aliphatic heterocycles. The number of hydrogen-bond donors (Lipinski definition) is 0. The van der Waals surface area contributed by atoms with Crippen LogP contribution in [0.3, 0.4) is 0 Å². The van der Waals surface area contributed by atoms with E-state index in [-0.39, 0.29) is 0 Å². The van der Waals surface area contributed by atoms with Gasteiger partial charge < -0.3 is 0 Å². The van der Waals surface area contributed by atoms with Crippen molar-refractivity contribution in [3.63, 3.8) is 0 Å². The van der Waals surface area contributed by atoms with Gasteiger partial charge in [0.2, 0.25) is 0 Å². The van der Waals surface area contributed by atoms with Gasteiger partial charge in [-0.2, -0.15) is 5.10 Å². The van der Waals surface area contributed by atoms with Gasteiger partial charge in [-0.15, -0.1) is 5.10 Å². The molecule has 10 rings (SSSR count). The largest absolute Gasteiger partial charge is 0.217 e. The Kier molecular flexibility index (Phi) is 6.42. The third-order valence-corrected chi connectivity index (χ3v) is 9.75. The van der Waals surface area contributed by atoms with Crippen LogP contribution in [0.4, 0.5) is 0 Å². The van der Waals surface area contributed by atoms with Crippen molar-refractivity contribution in [1.29, 1.82) is 0 Å². The molecule has 2 heterocycles. The molecular formula is C45H27N5. The van der Waals surface area contributed by atoms with Crippen molar-refractivity contribution in [2.24, 2.45) is 0 Å². The van der Waals surface area contributed by atoms with Crippen LogP contribution in [-0.4, -0.2) is 25.1 Å². The zero-order valence-corrected chi connectivity index (χ0v) is 26.8. The van der Waals surface area contributed by atoms with E-state index in [1.807, 2.05) is 12.1 Å². The Morgan fingerprint density at radius 3 is 1.60 bits per heavy atom. The Labute approximate surface area is 288 Å². The Hall–Kier alpha value is -6.85. The normalized spacial score (nSPS) is 11.6. The fraction of sp³-hybridized carbons (Fsp3) is 0. The van der Waals surface area contributed by atoms with Crippen LogP contribution >= 0.6 is 0 Å². The highest BCUT2D eigenvalue weighted by Gasteiger charge is 2.31. The van der Waals surface area contributed by atoms with Gasteiger partial charge in [-0.3, -0.25) is 0 Å². The van der Waals surface area contributed by atoms with Crippen LogP contribution in [0.2, 0.25) is 0 Å². The summed E-state index contributed by atoms with van der Waals surface area (Å²) < 4.78 is 0. The highest BCUT2D eigenvalue weighted by Crippen LogP contribution is 2.58. The summed E-state index contributed by atoms with van der Waals surface area (Å²) in [7, 11) is 0. The zero-order chi connectivity index (χ0) is 33.0. The fourth-order valence-electron chi connectivity index (χ4n) is 7.64. The summed E-state index contributed by atoms with van der Waals surface area (Å²) >= 11 is 0. The Morgan fingerprint density at radius 2 is 0.940 bits per heavy atom. The minimum Gasteiger partial charge on any atom is -0.217 e. The van der Waals surface area contributed by atoms with E-state index < -0.39 is 0 Å². The molecule has 0 unspecified atom stereocenters. The molecule has 7 aromatic carbocycles. The van der Waals surface area contributed by atoms with Crippen molar-refractivity contribution in [3.8, 4) is 78.5 Å². The van der Waals surface area contributed by atoms with Gasteiger partial charge in [0.15, 0.2) is 11.6 Å². The van der Waals surface area contributed by atoms with Crippen molar-refractivity contribution < 1.29 is 0 Å². The summed E-state index contributed by atoms with van der Waals surface area (Å²) in [6.45, 7) is 0. The molecule has 1 aliphatic rings. The molecule has 2 aromatic heterocycles. The standard InChI is InChI=1S/C45H27N5/c1-3-11-29(12-4-1)39-34-15-7-8-16-35(34)40(30-13-5-2-6-14-30)43-37-25-24-32(33-17-9-18-36(41(33)37)42(39)43)28-20-22-31(23-21-28)44-46-27-47-45(49-44)38-19-10-26-48-50-38/h1-27H. The van der Waals surface area contributed by atoms with Crippen molar-refractivity contribution in [2.75, 3.05) is 0 Å². The van der Waals surface area contributed by atoms with Crippen LogP contribution in [0.5, 0.6) is 0 Å². The van der Waals surface area contributed by atoms with Crippen molar-refractivity contribution >= 4 is 21.5 Å². The molecule has 0 atom stereocenters. The van der Waals surface area contributed by atoms with Crippen LogP contribution in [0, 0.1) is 0 Å². The van der Waals surface area contributed by atoms with Crippen molar-refractivity contribution in [2.45, 2.75) is 0 Å². The average Bonchev–Trinajstić information content (AvgIpc) is 3.53. The van der Waals surface area contributed by atoms with Gasteiger partial charge in [-0.25, -0.2) is 15.0 Å². The summed E-state index contributed by atoms with van der Waals surface area (Å²) in [6.07, 6.45) is 3.16. The second kappa shape index (κ2) is 11.4. The molecule has 0 amide bonds. The summed E-state index contributed by atoms with van der Waals surface area (Å²) in [5.74, 6) is 1.09. The number of hydrogen-bond acceptors (Lipinski definition) is 5. The minimum absolute atomic E-state index is 0.497. The first-order valence-electron chi connectivity index (χ1n) is 16.7. The molecular weight excluding hydrogens is 611 g/mol. The molecule has 0 fully saturated rings. The maximum Gasteiger partial charge on any atom is 0.183 e. The van der Waals surface area contributed by atoms with Crippen LogP contribution < -0.4 is 0 Å². The first-order valence-corrected chi connectivity index (χ1v) is 16.7. The van der Waals surface area contributed by atoms with Gasteiger partial charge in [0.1, 0.15) is 12.0 Å². The Balaban J connectivity index is 1.17. The van der Waals surface area contributed by atoms with Gasteiger partial charge in [0.05, 0.1) is 0 Å². The third-order valence-electron chi connectivity index (χ3n) is 9.75. The summed E-state index contributed by atoms with van der Waals surface area (Å²) in [5.41, 5.74) is 14.0. The van der Waals surface area contributed by atoms with E-state index in [1.54, 1.807) is 6.20 Å². The Morgan fingerprint density at radius 1 is 0.360 bits per heavy atom. The maximum absolute atomic E-state index is 4.68. The number of fused-ring (bicyclic) bond motifs is 4. The predicted molar refractivity (Wildman–Crippen MR) is 202 cm³/mol. The molecule has 0 N–H and O–H groups in total. The van der Waals surface area contributed by atoms with E-state index >= 15 is 0 Å². The molecule has 232 valence electrons. The molecule has 0 saturated heterocycles. The lowest BCUT2D eigenvalue weighted by atomic mass is 9.82.